The Morgan fingerprint density at radius 2 is 1.57 bits per heavy atom. The number of ether oxygens (including phenoxy) is 1. The Bertz CT molecular complexity index is 1490. The maximum Gasteiger partial charge on any atom is 0.244 e. The topological polar surface area (TPSA) is 96.0 Å². The second kappa shape index (κ2) is 15.6. The summed E-state index contributed by atoms with van der Waals surface area (Å²) in [6.45, 7) is 1.69. The predicted octanol–water partition coefficient (Wildman–Crippen LogP) is 6.25. The van der Waals surface area contributed by atoms with Crippen LogP contribution in [0.15, 0.2) is 72.8 Å². The lowest BCUT2D eigenvalue weighted by atomic mass is 9.94. The average Bonchev–Trinajstić information content (AvgIpc) is 3.00. The van der Waals surface area contributed by atoms with Gasteiger partial charge >= 0.3 is 0 Å². The van der Waals surface area contributed by atoms with Crippen LogP contribution in [0.5, 0.6) is 5.75 Å². The monoisotopic (exact) mass is 659 g/mol. The van der Waals surface area contributed by atoms with Gasteiger partial charge in [-0.1, -0.05) is 78.9 Å². The van der Waals surface area contributed by atoms with Crippen molar-refractivity contribution in [1.29, 1.82) is 0 Å². The molecule has 1 saturated carbocycles. The van der Waals surface area contributed by atoms with Crippen molar-refractivity contribution in [3.05, 3.63) is 94.0 Å². The number of hydrogen-bond acceptors (Lipinski definition) is 5. The highest BCUT2D eigenvalue weighted by atomic mass is 35.5. The van der Waals surface area contributed by atoms with Crippen molar-refractivity contribution in [3.8, 4) is 5.75 Å². The highest BCUT2D eigenvalue weighted by Crippen LogP contribution is 2.29. The van der Waals surface area contributed by atoms with Crippen LogP contribution in [0.25, 0.3) is 0 Å². The number of sulfonamides is 1. The van der Waals surface area contributed by atoms with E-state index in [1.807, 2.05) is 37.3 Å². The molecule has 3 aromatic rings. The van der Waals surface area contributed by atoms with Gasteiger partial charge in [0.15, 0.2) is 0 Å². The lowest BCUT2D eigenvalue weighted by Gasteiger charge is -2.35. The highest BCUT2D eigenvalue weighted by molar-refractivity contribution is 7.92. The number of halogens is 2. The van der Waals surface area contributed by atoms with E-state index in [-0.39, 0.29) is 24.9 Å². The SMILES string of the molecule is CCOc1ccc(N(CC(=O)N(Cc2c(Cl)cccc2Cl)[C@@H](Cc2ccccc2)C(=O)NC2CCCCC2)S(C)(=O)=O)cc1. The van der Waals surface area contributed by atoms with E-state index in [1.165, 1.54) is 4.90 Å². The summed E-state index contributed by atoms with van der Waals surface area (Å²) in [5.74, 6) is -0.294. The van der Waals surface area contributed by atoms with Gasteiger partial charge in [-0.2, -0.15) is 0 Å². The summed E-state index contributed by atoms with van der Waals surface area (Å²) < 4.78 is 32.6. The van der Waals surface area contributed by atoms with E-state index >= 15 is 0 Å². The molecule has 8 nitrogen and oxygen atoms in total. The molecule has 4 rings (SSSR count). The minimum atomic E-state index is -3.90. The Morgan fingerprint density at radius 3 is 2.16 bits per heavy atom. The van der Waals surface area contributed by atoms with Crippen LogP contribution < -0.4 is 14.4 Å². The maximum atomic E-state index is 14.3. The molecule has 11 heteroatoms. The van der Waals surface area contributed by atoms with Crippen LogP contribution >= 0.6 is 23.2 Å². The van der Waals surface area contributed by atoms with E-state index in [0.29, 0.717) is 33.7 Å². The number of nitrogens with zero attached hydrogens (tertiary/aromatic N) is 2. The molecule has 0 radical (unpaired) electrons. The number of amides is 2. The zero-order valence-electron chi connectivity index (χ0n) is 25.0. The number of carbonyl (C=O) groups excluding carboxylic acids is 2. The van der Waals surface area contributed by atoms with E-state index in [0.717, 1.165) is 48.2 Å². The van der Waals surface area contributed by atoms with Crippen LogP contribution in [0.1, 0.15) is 50.2 Å². The van der Waals surface area contributed by atoms with Crippen LogP contribution in [0.4, 0.5) is 5.69 Å². The van der Waals surface area contributed by atoms with Gasteiger partial charge in [0.05, 0.1) is 18.6 Å². The second-order valence-electron chi connectivity index (χ2n) is 11.0. The standard InChI is InChI=1S/C33H39Cl2N3O5S/c1-3-43-27-19-17-26(18-20-27)38(44(2,41)42)23-32(39)37(22-28-29(34)15-10-16-30(28)35)31(21-24-11-6-4-7-12-24)33(40)36-25-13-8-5-9-14-25/h4,6-7,10-12,15-20,25,31H,3,5,8-9,13-14,21-23H2,1-2H3,(H,36,40)/t31-/m0/s1. The van der Waals surface area contributed by atoms with Crippen LogP contribution in [0.3, 0.4) is 0 Å². The number of carbonyl (C=O) groups is 2. The molecule has 1 atom stereocenters. The Balaban J connectivity index is 1.74. The first-order valence-electron chi connectivity index (χ1n) is 14.8. The molecule has 0 spiro atoms. The van der Waals surface area contributed by atoms with E-state index < -0.39 is 28.5 Å². The molecule has 0 saturated heterocycles. The molecule has 0 unspecified atom stereocenters. The van der Waals surface area contributed by atoms with E-state index in [4.69, 9.17) is 27.9 Å². The molecule has 3 aromatic carbocycles. The molecule has 0 bridgehead atoms. The van der Waals surface area contributed by atoms with Crippen molar-refractivity contribution in [2.24, 2.45) is 0 Å². The third kappa shape index (κ3) is 9.13. The molecule has 2 amide bonds. The van der Waals surface area contributed by atoms with Gasteiger partial charge in [0.2, 0.25) is 21.8 Å². The fourth-order valence-electron chi connectivity index (χ4n) is 5.44. The zero-order chi connectivity index (χ0) is 31.7. The first kappa shape index (κ1) is 33.6. The van der Waals surface area contributed by atoms with Crippen LogP contribution in [0.2, 0.25) is 10.0 Å². The van der Waals surface area contributed by atoms with Gasteiger partial charge in [0.25, 0.3) is 0 Å². The lowest BCUT2D eigenvalue weighted by molar-refractivity contribution is -0.140. The number of rotatable bonds is 13. The molecule has 44 heavy (non-hydrogen) atoms. The van der Waals surface area contributed by atoms with Gasteiger partial charge in [0, 0.05) is 34.6 Å². The normalized spacial score (nSPS) is 14.5. The maximum absolute atomic E-state index is 14.3. The van der Waals surface area contributed by atoms with Crippen molar-refractivity contribution in [2.45, 2.75) is 64.1 Å². The molecule has 1 aliphatic carbocycles. The Morgan fingerprint density at radius 1 is 0.932 bits per heavy atom. The highest BCUT2D eigenvalue weighted by Gasteiger charge is 2.34. The molecule has 1 fully saturated rings. The third-order valence-corrected chi connectivity index (χ3v) is 9.58. The van der Waals surface area contributed by atoms with E-state index in [2.05, 4.69) is 5.32 Å². The van der Waals surface area contributed by atoms with Gasteiger partial charge in [-0.05, 0) is 61.7 Å². The third-order valence-electron chi connectivity index (χ3n) is 7.73. The summed E-state index contributed by atoms with van der Waals surface area (Å²) >= 11 is 13.1. The lowest BCUT2D eigenvalue weighted by Crippen LogP contribution is -2.55. The number of nitrogens with one attached hydrogen (secondary N) is 1. The van der Waals surface area contributed by atoms with Gasteiger partial charge < -0.3 is 15.0 Å². The predicted molar refractivity (Wildman–Crippen MR) is 176 cm³/mol. The van der Waals surface area contributed by atoms with Crippen LogP contribution in [-0.4, -0.2) is 56.6 Å². The van der Waals surface area contributed by atoms with E-state index in [1.54, 1.807) is 42.5 Å². The summed E-state index contributed by atoms with van der Waals surface area (Å²) in [5.41, 5.74) is 1.62. The molecule has 0 aliphatic heterocycles. The largest absolute Gasteiger partial charge is 0.494 e. The smallest absolute Gasteiger partial charge is 0.244 e. The Hall–Kier alpha value is -3.27. The molecule has 236 valence electrons. The summed E-state index contributed by atoms with van der Waals surface area (Å²) in [5, 5.41) is 3.86. The van der Waals surface area contributed by atoms with Crippen LogP contribution in [-0.2, 0) is 32.6 Å². The van der Waals surface area contributed by atoms with Crippen molar-refractivity contribution in [3.63, 3.8) is 0 Å². The minimum Gasteiger partial charge on any atom is -0.494 e. The fourth-order valence-corrected chi connectivity index (χ4v) is 6.81. The minimum absolute atomic E-state index is 0.00625. The fraction of sp³-hybridized carbons (Fsp3) is 0.394. The number of benzene rings is 3. The molecule has 0 aromatic heterocycles. The summed E-state index contributed by atoms with van der Waals surface area (Å²) in [4.78, 5) is 29.8. The summed E-state index contributed by atoms with van der Waals surface area (Å²) in [7, 11) is -3.90. The first-order valence-corrected chi connectivity index (χ1v) is 17.4. The van der Waals surface area contributed by atoms with Crippen molar-refractivity contribution >= 4 is 50.7 Å². The van der Waals surface area contributed by atoms with Gasteiger partial charge in [0.1, 0.15) is 18.3 Å². The van der Waals surface area contributed by atoms with Crippen molar-refractivity contribution in [1.82, 2.24) is 10.2 Å². The molecule has 1 N–H and O–H groups in total. The van der Waals surface area contributed by atoms with Crippen LogP contribution in [0, 0.1) is 0 Å². The summed E-state index contributed by atoms with van der Waals surface area (Å²) in [6, 6.07) is 20.0. The molecular weight excluding hydrogens is 621 g/mol. The van der Waals surface area contributed by atoms with Gasteiger partial charge in [-0.15, -0.1) is 0 Å². The zero-order valence-corrected chi connectivity index (χ0v) is 27.4. The average molecular weight is 661 g/mol. The quantitative estimate of drug-likeness (QED) is 0.234. The van der Waals surface area contributed by atoms with Crippen molar-refractivity contribution < 1.29 is 22.7 Å². The second-order valence-corrected chi connectivity index (χ2v) is 13.7. The molecule has 0 heterocycles. The van der Waals surface area contributed by atoms with E-state index in [9.17, 15) is 18.0 Å². The van der Waals surface area contributed by atoms with Crippen molar-refractivity contribution in [2.75, 3.05) is 23.7 Å². The first-order chi connectivity index (χ1) is 21.1. The summed E-state index contributed by atoms with van der Waals surface area (Å²) in [6.07, 6.45) is 6.18. The Labute approximate surface area is 270 Å². The van der Waals surface area contributed by atoms with Gasteiger partial charge in [-0.25, -0.2) is 8.42 Å². The molecular formula is C33H39Cl2N3O5S. The number of hydrogen-bond donors (Lipinski definition) is 1. The molecule has 1 aliphatic rings. The Kier molecular flexibility index (Phi) is 11.9. The van der Waals surface area contributed by atoms with Gasteiger partial charge in [-0.3, -0.25) is 13.9 Å². The number of anilines is 1.